The van der Waals surface area contributed by atoms with Gasteiger partial charge < -0.3 is 23.3 Å². The Morgan fingerprint density at radius 3 is 1.69 bits per heavy atom. The first-order valence-corrected chi connectivity index (χ1v) is 15.6. The van der Waals surface area contributed by atoms with Crippen molar-refractivity contribution in [1.29, 1.82) is 5.26 Å². The van der Waals surface area contributed by atoms with Crippen LogP contribution < -0.4 is 9.47 Å². The molecule has 1 unspecified atom stereocenters. The highest BCUT2D eigenvalue weighted by Gasteiger charge is 2.38. The maximum atomic E-state index is 9.04. The Hall–Kier alpha value is -2.98. The van der Waals surface area contributed by atoms with E-state index >= 15 is 0 Å². The SMILES string of the molecule is COc1ccc(C(OCC[C@H](C)OP(OCCC#N)N(C(C)C)C(C)C)(c2ccccc2)c2ccc(OC)cc2)cc1. The molecule has 0 amide bonds. The van der Waals surface area contributed by atoms with Gasteiger partial charge in [0.25, 0.3) is 8.53 Å². The van der Waals surface area contributed by atoms with E-state index < -0.39 is 14.1 Å². The van der Waals surface area contributed by atoms with Crippen LogP contribution in [0.25, 0.3) is 0 Å². The fraction of sp³-hybridized carbons (Fsp3) is 0.441. The summed E-state index contributed by atoms with van der Waals surface area (Å²) in [7, 11) is 1.99. The van der Waals surface area contributed by atoms with Gasteiger partial charge in [0.1, 0.15) is 17.1 Å². The van der Waals surface area contributed by atoms with E-state index in [9.17, 15) is 0 Å². The molecule has 42 heavy (non-hydrogen) atoms. The molecule has 0 saturated heterocycles. The van der Waals surface area contributed by atoms with Crippen LogP contribution in [0.1, 0.15) is 64.2 Å². The number of ether oxygens (including phenoxy) is 3. The number of hydrogen-bond donors (Lipinski definition) is 0. The van der Waals surface area contributed by atoms with Crippen molar-refractivity contribution < 1.29 is 23.3 Å². The van der Waals surface area contributed by atoms with Crippen LogP contribution in [0.5, 0.6) is 11.5 Å². The smallest absolute Gasteiger partial charge is 0.259 e. The molecule has 0 aromatic heterocycles. The molecule has 3 aromatic carbocycles. The van der Waals surface area contributed by atoms with Gasteiger partial charge in [-0.3, -0.25) is 0 Å². The molecule has 0 aliphatic rings. The maximum absolute atomic E-state index is 9.04. The first-order chi connectivity index (χ1) is 20.3. The Labute approximate surface area is 253 Å². The molecule has 8 heteroatoms. The fourth-order valence-corrected chi connectivity index (χ4v) is 6.67. The van der Waals surface area contributed by atoms with Crippen molar-refractivity contribution in [2.75, 3.05) is 27.4 Å². The van der Waals surface area contributed by atoms with Crippen molar-refractivity contribution in [3.05, 3.63) is 95.6 Å². The average molecular weight is 593 g/mol. The van der Waals surface area contributed by atoms with E-state index in [0.717, 1.165) is 28.2 Å². The largest absolute Gasteiger partial charge is 0.497 e. The summed E-state index contributed by atoms with van der Waals surface area (Å²) >= 11 is 0. The van der Waals surface area contributed by atoms with Crippen molar-refractivity contribution >= 4 is 8.53 Å². The Bertz CT molecular complexity index is 1170. The summed E-state index contributed by atoms with van der Waals surface area (Å²) in [4.78, 5) is 0. The second-order valence-corrected chi connectivity index (χ2v) is 12.0. The summed E-state index contributed by atoms with van der Waals surface area (Å²) in [6.07, 6.45) is 0.830. The molecule has 0 fully saturated rings. The third-order valence-corrected chi connectivity index (χ3v) is 9.19. The van der Waals surface area contributed by atoms with Crippen LogP contribution in [0.2, 0.25) is 0 Å². The molecule has 3 rings (SSSR count). The molecular formula is C34H45N2O5P. The van der Waals surface area contributed by atoms with Crippen LogP contribution in [0.4, 0.5) is 0 Å². The normalized spacial score (nSPS) is 13.3. The third-order valence-electron chi connectivity index (χ3n) is 6.95. The lowest BCUT2D eigenvalue weighted by Gasteiger charge is -2.38. The van der Waals surface area contributed by atoms with Crippen molar-refractivity contribution in [3.63, 3.8) is 0 Å². The average Bonchev–Trinajstić information content (AvgIpc) is 3.00. The van der Waals surface area contributed by atoms with Gasteiger partial charge in [-0.1, -0.05) is 54.6 Å². The van der Waals surface area contributed by atoms with Gasteiger partial charge in [0.15, 0.2) is 0 Å². The number of benzene rings is 3. The summed E-state index contributed by atoms with van der Waals surface area (Å²) in [6, 6.07) is 29.0. The van der Waals surface area contributed by atoms with Gasteiger partial charge in [0.05, 0.1) is 46.0 Å². The van der Waals surface area contributed by atoms with Crippen LogP contribution in [0.15, 0.2) is 78.9 Å². The zero-order valence-corrected chi connectivity index (χ0v) is 26.8. The van der Waals surface area contributed by atoms with E-state index in [-0.39, 0.29) is 18.2 Å². The van der Waals surface area contributed by atoms with Crippen molar-refractivity contribution in [2.24, 2.45) is 0 Å². The van der Waals surface area contributed by atoms with Crippen LogP contribution in [-0.4, -0.2) is 50.3 Å². The fourth-order valence-electron chi connectivity index (χ4n) is 4.95. The minimum Gasteiger partial charge on any atom is -0.497 e. The molecule has 0 spiro atoms. The molecule has 0 heterocycles. The number of nitrogens with zero attached hydrogens (tertiary/aromatic N) is 2. The van der Waals surface area contributed by atoms with Crippen molar-refractivity contribution in [2.45, 2.75) is 71.2 Å². The van der Waals surface area contributed by atoms with Gasteiger partial charge in [-0.25, -0.2) is 4.67 Å². The topological polar surface area (TPSA) is 73.2 Å². The summed E-state index contributed by atoms with van der Waals surface area (Å²) in [5.74, 6) is 1.56. The Balaban J connectivity index is 1.93. The van der Waals surface area contributed by atoms with Gasteiger partial charge in [-0.2, -0.15) is 5.26 Å². The molecule has 7 nitrogen and oxygen atoms in total. The number of nitriles is 1. The van der Waals surface area contributed by atoms with Crippen LogP contribution in [0, 0.1) is 11.3 Å². The van der Waals surface area contributed by atoms with E-state index in [1.54, 1.807) is 14.2 Å². The van der Waals surface area contributed by atoms with Crippen LogP contribution in [0.3, 0.4) is 0 Å². The molecule has 0 aliphatic carbocycles. The Morgan fingerprint density at radius 2 is 1.24 bits per heavy atom. The summed E-state index contributed by atoms with van der Waals surface area (Å²) in [5.41, 5.74) is 2.11. The highest BCUT2D eigenvalue weighted by Crippen LogP contribution is 2.48. The monoisotopic (exact) mass is 592 g/mol. The summed E-state index contributed by atoms with van der Waals surface area (Å²) < 4.78 is 32.8. The quantitative estimate of drug-likeness (QED) is 0.0891. The predicted molar refractivity (Wildman–Crippen MR) is 169 cm³/mol. The first kappa shape index (κ1) is 33.5. The lowest BCUT2D eigenvalue weighted by molar-refractivity contribution is -0.00201. The molecule has 0 aliphatic heterocycles. The molecule has 226 valence electrons. The van der Waals surface area contributed by atoms with Gasteiger partial charge in [0, 0.05) is 12.1 Å². The molecule has 0 radical (unpaired) electrons. The molecule has 0 saturated carbocycles. The minimum absolute atomic E-state index is 0.140. The summed E-state index contributed by atoms with van der Waals surface area (Å²) in [5, 5.41) is 9.04. The number of rotatable bonds is 17. The van der Waals surface area contributed by atoms with E-state index in [0.29, 0.717) is 26.1 Å². The third kappa shape index (κ3) is 8.53. The van der Waals surface area contributed by atoms with E-state index in [4.69, 9.17) is 28.5 Å². The first-order valence-electron chi connectivity index (χ1n) is 14.5. The standard InChI is InChI=1S/C34H45N2O5P/c1-26(2)36(27(3)4)42(40-24-11-23-35)41-28(5)22-25-39-34(29-12-9-8-10-13-29,30-14-18-32(37-6)19-15-30)31-16-20-33(38-7)21-17-31/h8-10,12-21,26-28H,11,22,24-25H2,1-7H3/t28-,42?/m0/s1. The second kappa shape index (κ2) is 16.6. The molecule has 3 aromatic rings. The maximum Gasteiger partial charge on any atom is 0.259 e. The van der Waals surface area contributed by atoms with Crippen LogP contribution >= 0.6 is 8.53 Å². The Morgan fingerprint density at radius 1 is 0.738 bits per heavy atom. The highest BCUT2D eigenvalue weighted by atomic mass is 31.2. The zero-order chi connectivity index (χ0) is 30.5. The molecule has 2 atom stereocenters. The van der Waals surface area contributed by atoms with E-state index in [1.165, 1.54) is 0 Å². The number of hydrogen-bond acceptors (Lipinski definition) is 7. The van der Waals surface area contributed by atoms with Gasteiger partial charge in [-0.15, -0.1) is 0 Å². The summed E-state index contributed by atoms with van der Waals surface area (Å²) in [6.45, 7) is 11.4. The van der Waals surface area contributed by atoms with Crippen molar-refractivity contribution in [1.82, 2.24) is 4.67 Å². The van der Waals surface area contributed by atoms with Gasteiger partial charge in [-0.05, 0) is 82.0 Å². The minimum atomic E-state index is -1.34. The molecular weight excluding hydrogens is 547 g/mol. The van der Waals surface area contributed by atoms with Gasteiger partial charge in [0.2, 0.25) is 0 Å². The van der Waals surface area contributed by atoms with E-state index in [2.05, 4.69) is 81.8 Å². The lowest BCUT2D eigenvalue weighted by atomic mass is 9.80. The Kier molecular flexibility index (Phi) is 13.3. The highest BCUT2D eigenvalue weighted by molar-refractivity contribution is 7.44. The molecule has 0 bridgehead atoms. The number of methoxy groups -OCH3 is 2. The van der Waals surface area contributed by atoms with Gasteiger partial charge >= 0.3 is 0 Å². The predicted octanol–water partition coefficient (Wildman–Crippen LogP) is 8.08. The van der Waals surface area contributed by atoms with E-state index in [1.807, 2.05) is 42.5 Å². The molecule has 0 N–H and O–H groups in total. The zero-order valence-electron chi connectivity index (χ0n) is 25.9. The van der Waals surface area contributed by atoms with Crippen molar-refractivity contribution in [3.8, 4) is 17.6 Å². The van der Waals surface area contributed by atoms with Crippen LogP contribution in [-0.2, 0) is 19.4 Å². The second-order valence-electron chi connectivity index (χ2n) is 10.6. The lowest BCUT2D eigenvalue weighted by Crippen LogP contribution is -2.35.